The topological polar surface area (TPSA) is 117 Å². The number of benzene rings is 1. The van der Waals surface area contributed by atoms with Gasteiger partial charge in [0.15, 0.2) is 0 Å². The van der Waals surface area contributed by atoms with Crippen LogP contribution in [0.4, 0.5) is 5.69 Å². The highest BCUT2D eigenvalue weighted by Gasteiger charge is 2.25. The summed E-state index contributed by atoms with van der Waals surface area (Å²) >= 11 is 0. The van der Waals surface area contributed by atoms with Crippen molar-refractivity contribution in [1.82, 2.24) is 4.31 Å². The molecule has 0 saturated carbocycles. The number of rotatable bonds is 5. The van der Waals surface area contributed by atoms with E-state index >= 15 is 0 Å². The van der Waals surface area contributed by atoms with Crippen molar-refractivity contribution in [2.24, 2.45) is 0 Å². The van der Waals surface area contributed by atoms with Crippen molar-refractivity contribution in [2.45, 2.75) is 18.9 Å². The van der Waals surface area contributed by atoms with E-state index in [1.807, 2.05) is 0 Å². The smallest absolute Gasteiger partial charge is 0.335 e. The fourth-order valence-corrected chi connectivity index (χ4v) is 3.02. The molecule has 8 nitrogen and oxygen atoms in total. The molecule has 1 aromatic heterocycles. The summed E-state index contributed by atoms with van der Waals surface area (Å²) in [5.41, 5.74) is 1.10. The van der Waals surface area contributed by atoms with Crippen molar-refractivity contribution in [3.8, 4) is 0 Å². The third-order valence-electron chi connectivity index (χ3n) is 3.59. The predicted octanol–water partition coefficient (Wildman–Crippen LogP) is 2.10. The number of nitrogens with zero attached hydrogens (tertiary/aromatic N) is 1. The van der Waals surface area contributed by atoms with Crippen molar-refractivity contribution < 1.29 is 27.5 Å². The van der Waals surface area contributed by atoms with Gasteiger partial charge in [-0.05, 0) is 37.6 Å². The van der Waals surface area contributed by atoms with Gasteiger partial charge in [0.2, 0.25) is 5.09 Å². The van der Waals surface area contributed by atoms with E-state index in [0.717, 1.165) is 4.31 Å². The number of carboxylic acid groups (broad SMARTS) is 1. The highest BCUT2D eigenvalue weighted by Crippen LogP contribution is 2.23. The number of aromatic carboxylic acids is 1. The molecule has 1 heterocycles. The number of sulfonamides is 1. The quantitative estimate of drug-likeness (QED) is 0.837. The van der Waals surface area contributed by atoms with Crippen LogP contribution in [0.1, 0.15) is 32.0 Å². The van der Waals surface area contributed by atoms with Gasteiger partial charge in [-0.2, -0.15) is 0 Å². The summed E-state index contributed by atoms with van der Waals surface area (Å²) in [7, 11) is -1.06. The molecule has 0 unspecified atom stereocenters. The van der Waals surface area contributed by atoms with Gasteiger partial charge in [-0.1, -0.05) is 0 Å². The molecule has 0 bridgehead atoms. The Morgan fingerprint density at radius 2 is 1.76 bits per heavy atom. The maximum absolute atomic E-state index is 12.4. The van der Waals surface area contributed by atoms with Gasteiger partial charge in [-0.15, -0.1) is 0 Å². The lowest BCUT2D eigenvalue weighted by Crippen LogP contribution is -2.21. The number of aryl methyl sites for hydroxylation is 2. The number of carbonyl (C=O) groups is 2. The van der Waals surface area contributed by atoms with E-state index in [1.165, 1.54) is 45.3 Å². The first-order chi connectivity index (χ1) is 11.5. The third kappa shape index (κ3) is 3.72. The largest absolute Gasteiger partial charge is 0.478 e. The molecule has 1 amide bonds. The normalized spacial score (nSPS) is 11.6. The van der Waals surface area contributed by atoms with E-state index in [-0.39, 0.29) is 22.0 Å². The molecule has 0 atom stereocenters. The van der Waals surface area contributed by atoms with E-state index in [1.54, 1.807) is 6.92 Å². The van der Waals surface area contributed by atoms with E-state index in [9.17, 15) is 18.0 Å². The number of carbonyl (C=O) groups excluding carboxylic acids is 1. The van der Waals surface area contributed by atoms with Crippen molar-refractivity contribution in [3.05, 3.63) is 46.7 Å². The van der Waals surface area contributed by atoms with Crippen molar-refractivity contribution >= 4 is 27.6 Å². The first-order valence-electron chi connectivity index (χ1n) is 7.22. The molecule has 2 N–H and O–H groups in total. The van der Waals surface area contributed by atoms with Gasteiger partial charge in [0.1, 0.15) is 5.76 Å². The number of amides is 1. The van der Waals surface area contributed by atoms with Gasteiger partial charge in [-0.25, -0.2) is 17.5 Å². The Balaban J connectivity index is 2.29. The average Bonchev–Trinajstić information content (AvgIpc) is 2.89. The molecular formula is C16H18N2O6S. The Bertz CT molecular complexity index is 944. The molecule has 0 spiro atoms. The van der Waals surface area contributed by atoms with Crippen LogP contribution >= 0.6 is 0 Å². The first-order valence-corrected chi connectivity index (χ1v) is 8.66. The van der Waals surface area contributed by atoms with Crippen LogP contribution in [0.15, 0.2) is 33.8 Å². The number of furan rings is 1. The standard InChI is InChI=1S/C16H18N2O6S/c1-9-7-11(5-6-12(9)16(20)21)17-15(19)13-8-14(24-10(13)2)25(22,23)18(3)4/h5-8H,1-4H3,(H,17,19)(H,20,21). The lowest BCUT2D eigenvalue weighted by molar-refractivity contribution is 0.0696. The molecule has 25 heavy (non-hydrogen) atoms. The Labute approximate surface area is 145 Å². The Hall–Kier alpha value is -2.65. The molecule has 0 radical (unpaired) electrons. The molecule has 0 saturated heterocycles. The predicted molar refractivity (Wildman–Crippen MR) is 90.4 cm³/mol. The maximum Gasteiger partial charge on any atom is 0.335 e. The zero-order valence-corrected chi connectivity index (χ0v) is 15.0. The second-order valence-corrected chi connectivity index (χ2v) is 7.69. The molecule has 2 rings (SSSR count). The molecule has 1 aromatic carbocycles. The molecule has 0 aliphatic rings. The van der Waals surface area contributed by atoms with Gasteiger partial charge in [-0.3, -0.25) is 4.79 Å². The van der Waals surface area contributed by atoms with Gasteiger partial charge in [0, 0.05) is 25.8 Å². The number of nitrogens with one attached hydrogen (secondary N) is 1. The van der Waals surface area contributed by atoms with E-state index in [2.05, 4.69) is 5.32 Å². The van der Waals surface area contributed by atoms with Gasteiger partial charge in [0.05, 0.1) is 11.1 Å². The number of hydrogen-bond acceptors (Lipinski definition) is 5. The number of hydrogen-bond donors (Lipinski definition) is 2. The van der Waals surface area contributed by atoms with Crippen LogP contribution in [-0.4, -0.2) is 43.8 Å². The average molecular weight is 366 g/mol. The van der Waals surface area contributed by atoms with Gasteiger partial charge < -0.3 is 14.8 Å². The lowest BCUT2D eigenvalue weighted by Gasteiger charge is -2.07. The minimum Gasteiger partial charge on any atom is -0.478 e. The number of anilines is 1. The van der Waals surface area contributed by atoms with Gasteiger partial charge in [0.25, 0.3) is 15.9 Å². The zero-order valence-electron chi connectivity index (χ0n) is 14.2. The lowest BCUT2D eigenvalue weighted by atomic mass is 10.1. The summed E-state index contributed by atoms with van der Waals surface area (Å²) in [6.07, 6.45) is 0. The van der Waals surface area contributed by atoms with Crippen LogP contribution in [0, 0.1) is 13.8 Å². The fraction of sp³-hybridized carbons (Fsp3) is 0.250. The summed E-state index contributed by atoms with van der Waals surface area (Å²) in [6, 6.07) is 5.53. The molecule has 0 aliphatic heterocycles. The fourth-order valence-electron chi connectivity index (χ4n) is 2.17. The summed E-state index contributed by atoms with van der Waals surface area (Å²) in [5.74, 6) is -1.44. The highest BCUT2D eigenvalue weighted by molar-refractivity contribution is 7.88. The highest BCUT2D eigenvalue weighted by atomic mass is 32.2. The van der Waals surface area contributed by atoms with Crippen molar-refractivity contribution in [3.63, 3.8) is 0 Å². The van der Waals surface area contributed by atoms with E-state index < -0.39 is 21.9 Å². The molecule has 0 fully saturated rings. The minimum atomic E-state index is -3.79. The summed E-state index contributed by atoms with van der Waals surface area (Å²) in [5, 5.41) is 11.3. The number of carboxylic acids is 1. The minimum absolute atomic E-state index is 0.0837. The van der Waals surface area contributed by atoms with Crippen molar-refractivity contribution in [1.29, 1.82) is 0 Å². The van der Waals surface area contributed by atoms with Crippen LogP contribution in [0.25, 0.3) is 0 Å². The van der Waals surface area contributed by atoms with Gasteiger partial charge >= 0.3 is 5.97 Å². The molecule has 2 aromatic rings. The monoisotopic (exact) mass is 366 g/mol. The molecular weight excluding hydrogens is 348 g/mol. The van der Waals surface area contributed by atoms with Crippen molar-refractivity contribution in [2.75, 3.05) is 19.4 Å². The summed E-state index contributed by atoms with van der Waals surface area (Å²) < 4.78 is 30.3. The van der Waals surface area contributed by atoms with E-state index in [4.69, 9.17) is 9.52 Å². The van der Waals surface area contributed by atoms with Crippen LogP contribution in [0.2, 0.25) is 0 Å². The Kier molecular flexibility index (Phi) is 5.00. The SMILES string of the molecule is Cc1cc(NC(=O)c2cc(S(=O)(=O)N(C)C)oc2C)ccc1C(=O)O. The molecule has 134 valence electrons. The second-order valence-electron chi connectivity index (χ2n) is 5.61. The second kappa shape index (κ2) is 6.69. The summed E-state index contributed by atoms with van der Waals surface area (Å²) in [4.78, 5) is 23.4. The van der Waals surface area contributed by atoms with E-state index in [0.29, 0.717) is 11.3 Å². The molecule has 9 heteroatoms. The van der Waals surface area contributed by atoms with Crippen LogP contribution in [0.3, 0.4) is 0 Å². The maximum atomic E-state index is 12.4. The third-order valence-corrected chi connectivity index (χ3v) is 5.26. The first kappa shape index (κ1) is 18.7. The van der Waals surface area contributed by atoms with Crippen LogP contribution < -0.4 is 5.32 Å². The molecule has 0 aliphatic carbocycles. The Morgan fingerprint density at radius 1 is 1.12 bits per heavy atom. The summed E-state index contributed by atoms with van der Waals surface area (Å²) in [6.45, 7) is 3.10. The Morgan fingerprint density at radius 3 is 2.28 bits per heavy atom. The zero-order chi connectivity index (χ0) is 18.9. The van der Waals surface area contributed by atoms with Crippen LogP contribution in [-0.2, 0) is 10.0 Å². The van der Waals surface area contributed by atoms with Crippen LogP contribution in [0.5, 0.6) is 0 Å².